The Labute approximate surface area is 257 Å². The van der Waals surface area contributed by atoms with Crippen LogP contribution in [0.4, 0.5) is 5.69 Å². The summed E-state index contributed by atoms with van der Waals surface area (Å²) >= 11 is 1.40. The van der Waals surface area contributed by atoms with Crippen molar-refractivity contribution in [2.75, 3.05) is 10.7 Å². The molecule has 8 nitrogen and oxygen atoms in total. The Morgan fingerprint density at radius 1 is 0.750 bits per heavy atom. The number of aromatic carboxylic acids is 1. The molecule has 0 aliphatic carbocycles. The van der Waals surface area contributed by atoms with Crippen LogP contribution < -0.4 is 16.3 Å². The number of fused-ring (bicyclic) bond motifs is 1. The SMILES string of the molecule is O=C(Nc1ccccc1SC(Nn1c(-c2ccccc2C(=O)O)nc2ccccc2c1=O)c1ccccc1)c1ccccc1. The van der Waals surface area contributed by atoms with E-state index >= 15 is 0 Å². The number of hydrogen-bond donors (Lipinski definition) is 3. The van der Waals surface area contributed by atoms with Crippen LogP contribution in [0.2, 0.25) is 0 Å². The Morgan fingerprint density at radius 2 is 1.39 bits per heavy atom. The molecule has 1 heterocycles. The quantitative estimate of drug-likeness (QED) is 0.121. The van der Waals surface area contributed by atoms with E-state index in [1.54, 1.807) is 66.7 Å². The number of hydrogen-bond acceptors (Lipinski definition) is 6. The summed E-state index contributed by atoms with van der Waals surface area (Å²) in [7, 11) is 0. The van der Waals surface area contributed by atoms with Crippen LogP contribution in [-0.2, 0) is 0 Å². The smallest absolute Gasteiger partial charge is 0.336 e. The summed E-state index contributed by atoms with van der Waals surface area (Å²) in [6.07, 6.45) is 0. The normalized spacial score (nSPS) is 11.5. The predicted octanol–water partition coefficient (Wildman–Crippen LogP) is 7.05. The number of carboxylic acid groups (broad SMARTS) is 1. The Kier molecular flexibility index (Phi) is 8.20. The van der Waals surface area contributed by atoms with E-state index in [1.165, 1.54) is 22.5 Å². The molecule has 0 radical (unpaired) electrons. The maximum atomic E-state index is 14.0. The zero-order valence-electron chi connectivity index (χ0n) is 23.3. The first-order valence-electron chi connectivity index (χ1n) is 13.8. The highest BCUT2D eigenvalue weighted by Gasteiger charge is 2.23. The highest BCUT2D eigenvalue weighted by molar-refractivity contribution is 7.99. The van der Waals surface area contributed by atoms with Crippen molar-refractivity contribution < 1.29 is 14.7 Å². The van der Waals surface area contributed by atoms with Crippen molar-refractivity contribution in [3.05, 3.63) is 161 Å². The molecule has 1 unspecified atom stereocenters. The van der Waals surface area contributed by atoms with E-state index < -0.39 is 11.3 Å². The first kappa shape index (κ1) is 28.4. The summed E-state index contributed by atoms with van der Waals surface area (Å²) in [5.74, 6) is -1.21. The summed E-state index contributed by atoms with van der Waals surface area (Å²) in [6.45, 7) is 0. The molecule has 1 aromatic heterocycles. The van der Waals surface area contributed by atoms with Gasteiger partial charge in [0.1, 0.15) is 5.37 Å². The van der Waals surface area contributed by atoms with E-state index in [0.717, 1.165) is 10.5 Å². The Hall–Kier alpha value is -5.67. The fraction of sp³-hybridized carbons (Fsp3) is 0.0286. The topological polar surface area (TPSA) is 113 Å². The van der Waals surface area contributed by atoms with Gasteiger partial charge in [-0.2, -0.15) is 0 Å². The van der Waals surface area contributed by atoms with Crippen LogP contribution in [0.25, 0.3) is 22.3 Å². The molecular weight excluding hydrogens is 572 g/mol. The van der Waals surface area contributed by atoms with E-state index in [-0.39, 0.29) is 22.9 Å². The number of aromatic nitrogens is 2. The van der Waals surface area contributed by atoms with E-state index in [2.05, 4.69) is 10.7 Å². The third-order valence-electron chi connectivity index (χ3n) is 6.94. The largest absolute Gasteiger partial charge is 0.478 e. The standard InChI is InChI=1S/C35H26N4O4S/c40-32(23-13-3-1-4-14-23)37-29-21-11-12-22-30(29)44-33(24-15-5-2-6-16-24)38-39-31(25-17-7-8-18-26(25)35(42)43)36-28-20-10-9-19-27(28)34(39)41/h1-22,33,38H,(H,37,40)(H,42,43). The van der Waals surface area contributed by atoms with Crippen molar-refractivity contribution in [2.45, 2.75) is 10.3 Å². The molecule has 0 aliphatic heterocycles. The number of rotatable bonds is 9. The summed E-state index contributed by atoms with van der Waals surface area (Å²) in [5.41, 5.74) is 5.71. The van der Waals surface area contributed by atoms with Gasteiger partial charge in [0.05, 0.1) is 22.2 Å². The maximum absolute atomic E-state index is 14.0. The molecule has 0 spiro atoms. The van der Waals surface area contributed by atoms with E-state index in [1.807, 2.05) is 60.7 Å². The van der Waals surface area contributed by atoms with E-state index in [0.29, 0.717) is 27.7 Å². The van der Waals surface area contributed by atoms with Crippen LogP contribution in [0, 0.1) is 0 Å². The molecule has 3 N–H and O–H groups in total. The van der Waals surface area contributed by atoms with Gasteiger partial charge in [0.25, 0.3) is 11.5 Å². The Morgan fingerprint density at radius 3 is 2.16 bits per heavy atom. The second-order valence-electron chi connectivity index (χ2n) is 9.80. The number of thioether (sulfide) groups is 1. The van der Waals surface area contributed by atoms with E-state index in [4.69, 9.17) is 4.98 Å². The van der Waals surface area contributed by atoms with Crippen LogP contribution in [0.1, 0.15) is 31.7 Å². The molecule has 1 atom stereocenters. The number of anilines is 1. The number of nitrogens with one attached hydrogen (secondary N) is 2. The van der Waals surface area contributed by atoms with Crippen molar-refractivity contribution in [2.24, 2.45) is 0 Å². The lowest BCUT2D eigenvalue weighted by atomic mass is 10.1. The average Bonchev–Trinajstić information content (AvgIpc) is 3.07. The van der Waals surface area contributed by atoms with Crippen LogP contribution in [0.5, 0.6) is 0 Å². The van der Waals surface area contributed by atoms with Gasteiger partial charge in [-0.15, -0.1) is 0 Å². The molecule has 6 aromatic rings. The molecule has 0 saturated heterocycles. The zero-order chi connectivity index (χ0) is 30.5. The van der Waals surface area contributed by atoms with Crippen LogP contribution in [0.3, 0.4) is 0 Å². The fourth-order valence-electron chi connectivity index (χ4n) is 4.80. The molecule has 0 saturated carbocycles. The molecule has 0 fully saturated rings. The highest BCUT2D eigenvalue weighted by atomic mass is 32.2. The fourth-order valence-corrected chi connectivity index (χ4v) is 5.90. The van der Waals surface area contributed by atoms with Gasteiger partial charge in [-0.3, -0.25) is 9.59 Å². The number of amides is 1. The lowest BCUT2D eigenvalue weighted by Crippen LogP contribution is -2.33. The molecule has 0 bridgehead atoms. The van der Waals surface area contributed by atoms with Crippen LogP contribution in [0.15, 0.2) is 143 Å². The van der Waals surface area contributed by atoms with Gasteiger partial charge in [-0.05, 0) is 48.0 Å². The van der Waals surface area contributed by atoms with Crippen molar-refractivity contribution in [1.29, 1.82) is 0 Å². The monoisotopic (exact) mass is 598 g/mol. The van der Waals surface area contributed by atoms with Gasteiger partial charge in [0, 0.05) is 16.0 Å². The van der Waals surface area contributed by atoms with Gasteiger partial charge >= 0.3 is 5.97 Å². The maximum Gasteiger partial charge on any atom is 0.336 e. The third kappa shape index (κ3) is 5.95. The lowest BCUT2D eigenvalue weighted by Gasteiger charge is -2.24. The number of carbonyl (C=O) groups excluding carboxylic acids is 1. The first-order valence-corrected chi connectivity index (χ1v) is 14.7. The van der Waals surface area contributed by atoms with Crippen molar-refractivity contribution in [3.63, 3.8) is 0 Å². The lowest BCUT2D eigenvalue weighted by molar-refractivity contribution is 0.0697. The molecule has 0 aliphatic rings. The summed E-state index contributed by atoms with van der Waals surface area (Å²) in [5, 5.41) is 12.8. The van der Waals surface area contributed by atoms with Gasteiger partial charge in [-0.1, -0.05) is 103 Å². The third-order valence-corrected chi connectivity index (χ3v) is 8.16. The number of carboxylic acids is 1. The first-order chi connectivity index (χ1) is 21.5. The highest BCUT2D eigenvalue weighted by Crippen LogP contribution is 2.38. The Balaban J connectivity index is 1.46. The summed E-state index contributed by atoms with van der Waals surface area (Å²) in [4.78, 5) is 44.8. The average molecular weight is 599 g/mol. The van der Waals surface area contributed by atoms with Crippen molar-refractivity contribution in [1.82, 2.24) is 9.66 Å². The number of benzene rings is 5. The number of carbonyl (C=O) groups is 2. The van der Waals surface area contributed by atoms with Crippen molar-refractivity contribution in [3.8, 4) is 11.4 Å². The summed E-state index contributed by atoms with van der Waals surface area (Å²) < 4.78 is 1.32. The molecular formula is C35H26N4O4S. The summed E-state index contributed by atoms with van der Waals surface area (Å²) in [6, 6.07) is 39.4. The zero-order valence-corrected chi connectivity index (χ0v) is 24.1. The van der Waals surface area contributed by atoms with Gasteiger partial charge < -0.3 is 15.8 Å². The molecule has 5 aromatic carbocycles. The minimum atomic E-state index is -1.13. The Bertz CT molecular complexity index is 2030. The van der Waals surface area contributed by atoms with Crippen molar-refractivity contribution >= 4 is 40.2 Å². The van der Waals surface area contributed by atoms with Crippen LogP contribution in [-0.4, -0.2) is 26.6 Å². The number of para-hydroxylation sites is 2. The second kappa shape index (κ2) is 12.7. The number of nitrogens with zero attached hydrogens (tertiary/aromatic N) is 2. The van der Waals surface area contributed by atoms with E-state index in [9.17, 15) is 19.5 Å². The van der Waals surface area contributed by atoms with Gasteiger partial charge in [0.2, 0.25) is 0 Å². The predicted molar refractivity (Wildman–Crippen MR) is 174 cm³/mol. The molecule has 9 heteroatoms. The minimum absolute atomic E-state index is 0.0168. The second-order valence-corrected chi connectivity index (χ2v) is 10.9. The molecule has 1 amide bonds. The molecule has 216 valence electrons. The molecule has 44 heavy (non-hydrogen) atoms. The van der Waals surface area contributed by atoms with Gasteiger partial charge in [0.15, 0.2) is 5.82 Å². The minimum Gasteiger partial charge on any atom is -0.478 e. The molecule has 6 rings (SSSR count). The van der Waals surface area contributed by atoms with Crippen LogP contribution >= 0.6 is 11.8 Å². The van der Waals surface area contributed by atoms with Gasteiger partial charge in [-0.25, -0.2) is 14.5 Å².